The van der Waals surface area contributed by atoms with Gasteiger partial charge in [0.2, 0.25) is 0 Å². The van der Waals surface area contributed by atoms with Crippen molar-refractivity contribution in [3.8, 4) is 17.2 Å². The van der Waals surface area contributed by atoms with Crippen molar-refractivity contribution in [1.82, 2.24) is 10.2 Å². The number of ether oxygens (including phenoxy) is 3. The number of guanidine groups is 1. The summed E-state index contributed by atoms with van der Waals surface area (Å²) in [6.45, 7) is 2.61. The Morgan fingerprint density at radius 1 is 1.03 bits per heavy atom. The van der Waals surface area contributed by atoms with Gasteiger partial charge in [0.1, 0.15) is 5.75 Å². The van der Waals surface area contributed by atoms with Gasteiger partial charge in [0.15, 0.2) is 17.5 Å². The quantitative estimate of drug-likeness (QED) is 0.257. The molecule has 0 saturated heterocycles. The molecule has 30 heavy (non-hydrogen) atoms. The van der Waals surface area contributed by atoms with Crippen LogP contribution in [-0.2, 0) is 19.4 Å². The van der Waals surface area contributed by atoms with Gasteiger partial charge in [-0.25, -0.2) is 0 Å². The number of hydrogen-bond acceptors (Lipinski definition) is 4. The highest BCUT2D eigenvalue weighted by molar-refractivity contribution is 14.0. The van der Waals surface area contributed by atoms with Gasteiger partial charge in [-0.05, 0) is 60.2 Å². The van der Waals surface area contributed by atoms with Crippen LogP contribution < -0.4 is 19.5 Å². The summed E-state index contributed by atoms with van der Waals surface area (Å²) in [5.41, 5.74) is 3.86. The van der Waals surface area contributed by atoms with Crippen LogP contribution in [0.3, 0.4) is 0 Å². The third-order valence-electron chi connectivity index (χ3n) is 5.29. The molecule has 0 bridgehead atoms. The van der Waals surface area contributed by atoms with Crippen LogP contribution >= 0.6 is 24.0 Å². The van der Waals surface area contributed by atoms with Crippen LogP contribution in [0.1, 0.15) is 23.1 Å². The van der Waals surface area contributed by atoms with Crippen molar-refractivity contribution in [2.75, 3.05) is 41.5 Å². The van der Waals surface area contributed by atoms with Crippen molar-refractivity contribution in [2.24, 2.45) is 4.99 Å². The van der Waals surface area contributed by atoms with Gasteiger partial charge in [-0.15, -0.1) is 24.0 Å². The fourth-order valence-corrected chi connectivity index (χ4v) is 3.72. The maximum absolute atomic E-state index is 5.46. The van der Waals surface area contributed by atoms with E-state index in [1.807, 2.05) is 19.2 Å². The molecule has 3 rings (SSSR count). The molecule has 2 aromatic carbocycles. The first-order valence-corrected chi connectivity index (χ1v) is 10.0. The molecule has 1 aliphatic heterocycles. The second-order valence-electron chi connectivity index (χ2n) is 7.08. The molecule has 0 aromatic heterocycles. The van der Waals surface area contributed by atoms with Gasteiger partial charge in [0, 0.05) is 26.7 Å². The minimum atomic E-state index is 0. The van der Waals surface area contributed by atoms with Crippen molar-refractivity contribution < 1.29 is 14.2 Å². The van der Waals surface area contributed by atoms with Gasteiger partial charge in [0.05, 0.1) is 21.3 Å². The summed E-state index contributed by atoms with van der Waals surface area (Å²) in [5.74, 6) is 3.41. The maximum atomic E-state index is 5.46. The molecule has 0 amide bonds. The van der Waals surface area contributed by atoms with E-state index in [-0.39, 0.29) is 24.0 Å². The van der Waals surface area contributed by atoms with Crippen LogP contribution in [0.2, 0.25) is 0 Å². The summed E-state index contributed by atoms with van der Waals surface area (Å²) in [6, 6.07) is 12.4. The van der Waals surface area contributed by atoms with E-state index in [0.717, 1.165) is 62.1 Å². The van der Waals surface area contributed by atoms with E-state index in [2.05, 4.69) is 39.5 Å². The first-order chi connectivity index (χ1) is 14.2. The van der Waals surface area contributed by atoms with Gasteiger partial charge >= 0.3 is 0 Å². The SMILES string of the molecule is CN=C(NCCCc1cccc(OC)c1)N1CCc2cc(OC)c(OC)cc2C1.I. The number of benzene rings is 2. The standard InChI is InChI=1S/C23H31N3O3.HI/c1-24-23(25-11-6-8-17-7-5-9-20(13-17)27-2)26-12-10-18-14-21(28-3)22(29-4)15-19(18)16-26;/h5,7,9,13-15H,6,8,10-12,16H2,1-4H3,(H,24,25);1H. The van der Waals surface area contributed by atoms with E-state index in [0.29, 0.717) is 0 Å². The maximum Gasteiger partial charge on any atom is 0.193 e. The fraction of sp³-hybridized carbons (Fsp3) is 0.435. The molecule has 0 atom stereocenters. The predicted octanol–water partition coefficient (Wildman–Crippen LogP) is 3.90. The van der Waals surface area contributed by atoms with Crippen LogP contribution in [0.25, 0.3) is 0 Å². The molecule has 1 N–H and O–H groups in total. The Bertz CT molecular complexity index is 858. The number of methoxy groups -OCH3 is 3. The highest BCUT2D eigenvalue weighted by Crippen LogP contribution is 2.33. The molecule has 0 fully saturated rings. The number of nitrogens with one attached hydrogen (secondary N) is 1. The van der Waals surface area contributed by atoms with E-state index in [9.17, 15) is 0 Å². The Morgan fingerprint density at radius 2 is 1.77 bits per heavy atom. The van der Waals surface area contributed by atoms with Crippen molar-refractivity contribution in [3.05, 3.63) is 53.1 Å². The number of hydrogen-bond donors (Lipinski definition) is 1. The van der Waals surface area contributed by atoms with Crippen molar-refractivity contribution >= 4 is 29.9 Å². The van der Waals surface area contributed by atoms with Crippen LogP contribution in [0, 0.1) is 0 Å². The largest absolute Gasteiger partial charge is 0.497 e. The lowest BCUT2D eigenvalue weighted by Gasteiger charge is -2.32. The molecule has 0 unspecified atom stereocenters. The Labute approximate surface area is 196 Å². The highest BCUT2D eigenvalue weighted by atomic mass is 127. The average Bonchev–Trinajstić information content (AvgIpc) is 2.78. The number of nitrogens with zero attached hydrogens (tertiary/aromatic N) is 2. The lowest BCUT2D eigenvalue weighted by Crippen LogP contribution is -2.44. The molecule has 6 nitrogen and oxygen atoms in total. The van der Waals surface area contributed by atoms with Gasteiger partial charge in [-0.1, -0.05) is 12.1 Å². The Morgan fingerprint density at radius 3 is 2.43 bits per heavy atom. The zero-order valence-electron chi connectivity index (χ0n) is 18.2. The number of aliphatic imine (C=N–C) groups is 1. The second kappa shape index (κ2) is 11.9. The summed E-state index contributed by atoms with van der Waals surface area (Å²) in [7, 11) is 6.89. The third kappa shape index (κ3) is 5.93. The summed E-state index contributed by atoms with van der Waals surface area (Å²) in [4.78, 5) is 6.78. The molecular weight excluding hydrogens is 493 g/mol. The Kier molecular flexibility index (Phi) is 9.55. The van der Waals surface area contributed by atoms with Gasteiger partial charge in [-0.2, -0.15) is 0 Å². The molecule has 0 spiro atoms. The molecule has 0 saturated carbocycles. The summed E-state index contributed by atoms with van der Waals surface area (Å²) in [6.07, 6.45) is 2.99. The van der Waals surface area contributed by atoms with E-state index in [1.54, 1.807) is 21.3 Å². The van der Waals surface area contributed by atoms with Crippen LogP contribution in [0.5, 0.6) is 17.2 Å². The summed E-state index contributed by atoms with van der Waals surface area (Å²) >= 11 is 0. The van der Waals surface area contributed by atoms with Gasteiger partial charge in [-0.3, -0.25) is 4.99 Å². The molecule has 0 aliphatic carbocycles. The van der Waals surface area contributed by atoms with Crippen LogP contribution in [0.15, 0.2) is 41.4 Å². The first kappa shape index (κ1) is 24.1. The highest BCUT2D eigenvalue weighted by Gasteiger charge is 2.21. The lowest BCUT2D eigenvalue weighted by atomic mass is 9.99. The molecule has 7 heteroatoms. The van der Waals surface area contributed by atoms with Gasteiger partial charge < -0.3 is 24.4 Å². The monoisotopic (exact) mass is 525 g/mol. The number of aryl methyl sites for hydroxylation is 1. The Hall–Kier alpha value is -2.16. The topological polar surface area (TPSA) is 55.3 Å². The van der Waals surface area contributed by atoms with E-state index in [4.69, 9.17) is 14.2 Å². The van der Waals surface area contributed by atoms with E-state index < -0.39 is 0 Å². The van der Waals surface area contributed by atoms with E-state index >= 15 is 0 Å². The van der Waals surface area contributed by atoms with Crippen LogP contribution in [-0.4, -0.2) is 52.3 Å². The molecule has 2 aromatic rings. The van der Waals surface area contributed by atoms with Gasteiger partial charge in [0.25, 0.3) is 0 Å². The summed E-state index contributed by atoms with van der Waals surface area (Å²) in [5, 5.41) is 3.51. The van der Waals surface area contributed by atoms with Crippen molar-refractivity contribution in [1.29, 1.82) is 0 Å². The zero-order valence-corrected chi connectivity index (χ0v) is 20.6. The predicted molar refractivity (Wildman–Crippen MR) is 132 cm³/mol. The molecule has 1 aliphatic rings. The summed E-state index contributed by atoms with van der Waals surface area (Å²) < 4.78 is 16.2. The smallest absolute Gasteiger partial charge is 0.193 e. The minimum absolute atomic E-state index is 0. The molecule has 164 valence electrons. The van der Waals surface area contributed by atoms with Crippen LogP contribution in [0.4, 0.5) is 0 Å². The first-order valence-electron chi connectivity index (χ1n) is 10.0. The van der Waals surface area contributed by atoms with E-state index in [1.165, 1.54) is 16.7 Å². The number of fused-ring (bicyclic) bond motifs is 1. The third-order valence-corrected chi connectivity index (χ3v) is 5.29. The fourth-order valence-electron chi connectivity index (χ4n) is 3.72. The second-order valence-corrected chi connectivity index (χ2v) is 7.08. The minimum Gasteiger partial charge on any atom is -0.497 e. The zero-order chi connectivity index (χ0) is 20.6. The molecule has 0 radical (unpaired) electrons. The molecular formula is C23H32IN3O3. The lowest BCUT2D eigenvalue weighted by molar-refractivity contribution is 0.346. The normalized spacial score (nSPS) is 13.2. The number of rotatable bonds is 7. The average molecular weight is 525 g/mol. The number of halogens is 1. The van der Waals surface area contributed by atoms with Crippen molar-refractivity contribution in [3.63, 3.8) is 0 Å². The van der Waals surface area contributed by atoms with Crippen molar-refractivity contribution in [2.45, 2.75) is 25.8 Å². The molecule has 1 heterocycles. The Balaban J connectivity index is 0.00000320.